The molecular weight excluding hydrogens is 461 g/mol. The van der Waals surface area contributed by atoms with Crippen molar-refractivity contribution in [2.75, 3.05) is 18.0 Å². The van der Waals surface area contributed by atoms with E-state index >= 15 is 0 Å². The van der Waals surface area contributed by atoms with Gasteiger partial charge in [-0.3, -0.25) is 9.48 Å². The van der Waals surface area contributed by atoms with Crippen molar-refractivity contribution in [1.29, 1.82) is 0 Å². The second kappa shape index (κ2) is 9.35. The van der Waals surface area contributed by atoms with Gasteiger partial charge in [0.2, 0.25) is 5.91 Å². The summed E-state index contributed by atoms with van der Waals surface area (Å²) in [5.41, 5.74) is 2.14. The second-order valence-electron chi connectivity index (χ2n) is 8.43. The van der Waals surface area contributed by atoms with Crippen molar-refractivity contribution < 1.29 is 18.0 Å². The van der Waals surface area contributed by atoms with Crippen molar-refractivity contribution in [2.45, 2.75) is 32.1 Å². The molecule has 3 aromatic heterocycles. The largest absolute Gasteiger partial charge is 0.453 e. The SMILES string of the molecule is O=C(NCc1ccccc1Cn1cccn1)C1CCN(c2ccc3nnc(C(F)(F)F)n3n2)CC1. The third kappa shape index (κ3) is 4.96. The minimum Gasteiger partial charge on any atom is -0.355 e. The Balaban J connectivity index is 1.19. The smallest absolute Gasteiger partial charge is 0.355 e. The molecule has 35 heavy (non-hydrogen) atoms. The summed E-state index contributed by atoms with van der Waals surface area (Å²) in [5.74, 6) is -0.959. The molecule has 1 saturated heterocycles. The highest BCUT2D eigenvalue weighted by Crippen LogP contribution is 2.28. The maximum absolute atomic E-state index is 13.2. The number of rotatable bonds is 6. The van der Waals surface area contributed by atoms with Gasteiger partial charge in [0.15, 0.2) is 5.65 Å². The topological polar surface area (TPSA) is 93.2 Å². The van der Waals surface area contributed by atoms with Gasteiger partial charge in [0.05, 0.1) is 6.54 Å². The number of fused-ring (bicyclic) bond motifs is 1. The van der Waals surface area contributed by atoms with E-state index < -0.39 is 12.0 Å². The highest BCUT2D eigenvalue weighted by molar-refractivity contribution is 5.79. The number of benzene rings is 1. The van der Waals surface area contributed by atoms with E-state index in [4.69, 9.17) is 0 Å². The van der Waals surface area contributed by atoms with Crippen molar-refractivity contribution in [3.8, 4) is 0 Å². The van der Waals surface area contributed by atoms with Crippen LogP contribution in [0.5, 0.6) is 0 Å². The Labute approximate surface area is 198 Å². The zero-order chi connectivity index (χ0) is 24.4. The standard InChI is InChI=1S/C23H23F3N8O/c24-23(25,26)22-30-29-19-6-7-20(31-34(19)22)32-12-8-16(9-13-32)21(35)27-14-17-4-1-2-5-18(17)15-33-11-3-10-28-33/h1-7,10-11,16H,8-9,12-15H2,(H,27,35). The molecule has 0 radical (unpaired) electrons. The van der Waals surface area contributed by atoms with Gasteiger partial charge in [-0.15, -0.1) is 15.3 Å². The molecule has 0 bridgehead atoms. The second-order valence-corrected chi connectivity index (χ2v) is 8.43. The summed E-state index contributed by atoms with van der Waals surface area (Å²) in [6.07, 6.45) is 0.131. The number of hydrogen-bond acceptors (Lipinski definition) is 6. The highest BCUT2D eigenvalue weighted by atomic mass is 19.4. The fourth-order valence-electron chi connectivity index (χ4n) is 4.27. The minimum atomic E-state index is -4.65. The molecule has 4 heterocycles. The van der Waals surface area contributed by atoms with Crippen molar-refractivity contribution in [3.05, 3.63) is 71.8 Å². The average Bonchev–Trinajstić information content (AvgIpc) is 3.52. The third-order valence-corrected chi connectivity index (χ3v) is 6.16. The Morgan fingerprint density at radius 1 is 1.03 bits per heavy atom. The molecule has 0 spiro atoms. The summed E-state index contributed by atoms with van der Waals surface area (Å²) >= 11 is 0. The summed E-state index contributed by atoms with van der Waals surface area (Å²) < 4.78 is 42.0. The molecule has 0 saturated carbocycles. The number of halogens is 3. The first kappa shape index (κ1) is 22.8. The predicted octanol–water partition coefficient (Wildman–Crippen LogP) is 2.92. The summed E-state index contributed by atoms with van der Waals surface area (Å²) in [6, 6.07) is 12.9. The average molecular weight is 484 g/mol. The number of alkyl halides is 3. The molecule has 0 unspecified atom stereocenters. The maximum Gasteiger partial charge on any atom is 0.453 e. The molecule has 1 aliphatic heterocycles. The summed E-state index contributed by atoms with van der Waals surface area (Å²) in [7, 11) is 0. The van der Waals surface area contributed by atoms with Gasteiger partial charge in [0.1, 0.15) is 5.82 Å². The van der Waals surface area contributed by atoms with Gasteiger partial charge in [-0.25, -0.2) is 0 Å². The summed E-state index contributed by atoms with van der Waals surface area (Å²) in [4.78, 5) is 14.7. The van der Waals surface area contributed by atoms with Gasteiger partial charge >= 0.3 is 6.18 Å². The van der Waals surface area contributed by atoms with E-state index in [9.17, 15) is 18.0 Å². The molecule has 1 aliphatic rings. The number of aromatic nitrogens is 6. The van der Waals surface area contributed by atoms with E-state index in [1.54, 1.807) is 12.3 Å². The van der Waals surface area contributed by atoms with Crippen LogP contribution >= 0.6 is 0 Å². The lowest BCUT2D eigenvalue weighted by Gasteiger charge is -2.32. The number of nitrogens with one attached hydrogen (secondary N) is 1. The van der Waals surface area contributed by atoms with Gasteiger partial charge in [-0.2, -0.15) is 22.8 Å². The van der Waals surface area contributed by atoms with Gasteiger partial charge in [0.25, 0.3) is 5.82 Å². The monoisotopic (exact) mass is 484 g/mol. The van der Waals surface area contributed by atoms with E-state index in [1.165, 1.54) is 6.07 Å². The van der Waals surface area contributed by atoms with E-state index in [-0.39, 0.29) is 17.5 Å². The predicted molar refractivity (Wildman–Crippen MR) is 120 cm³/mol. The van der Waals surface area contributed by atoms with Crippen LogP contribution in [-0.4, -0.2) is 48.6 Å². The summed E-state index contributed by atoms with van der Waals surface area (Å²) in [5, 5.41) is 18.1. The highest BCUT2D eigenvalue weighted by Gasteiger charge is 2.38. The molecule has 0 atom stereocenters. The van der Waals surface area contributed by atoms with E-state index in [0.717, 1.165) is 15.6 Å². The molecule has 1 aromatic carbocycles. The van der Waals surface area contributed by atoms with Crippen LogP contribution in [0.2, 0.25) is 0 Å². The molecule has 1 amide bonds. The number of hydrogen-bond donors (Lipinski definition) is 1. The molecule has 5 rings (SSSR count). The summed E-state index contributed by atoms with van der Waals surface area (Å²) in [6.45, 7) is 2.06. The van der Waals surface area contributed by atoms with Crippen LogP contribution in [0.4, 0.5) is 19.0 Å². The van der Waals surface area contributed by atoms with Crippen LogP contribution in [-0.2, 0) is 24.1 Å². The molecule has 4 aromatic rings. The number of nitrogens with zero attached hydrogens (tertiary/aromatic N) is 7. The van der Waals surface area contributed by atoms with Crippen LogP contribution in [0.15, 0.2) is 54.9 Å². The molecular formula is C23H23F3N8O. The fourth-order valence-corrected chi connectivity index (χ4v) is 4.27. The minimum absolute atomic E-state index is 0.0277. The zero-order valence-corrected chi connectivity index (χ0v) is 18.7. The van der Waals surface area contributed by atoms with E-state index in [2.05, 4.69) is 25.7 Å². The Hall–Kier alpha value is -3.96. The van der Waals surface area contributed by atoms with Crippen LogP contribution in [0.1, 0.15) is 29.8 Å². The number of anilines is 1. The van der Waals surface area contributed by atoms with Crippen molar-refractivity contribution in [3.63, 3.8) is 0 Å². The Kier molecular flexibility index (Phi) is 6.10. The van der Waals surface area contributed by atoms with Gasteiger partial charge in [0, 0.05) is 37.9 Å². The first-order chi connectivity index (χ1) is 16.9. The van der Waals surface area contributed by atoms with Crippen molar-refractivity contribution in [2.24, 2.45) is 5.92 Å². The van der Waals surface area contributed by atoms with E-state index in [1.807, 2.05) is 46.1 Å². The number of amides is 1. The van der Waals surface area contributed by atoms with Crippen LogP contribution in [0.25, 0.3) is 5.65 Å². The van der Waals surface area contributed by atoms with Gasteiger partial charge in [-0.1, -0.05) is 24.3 Å². The van der Waals surface area contributed by atoms with Crippen molar-refractivity contribution in [1.82, 2.24) is 34.9 Å². The Morgan fingerprint density at radius 2 is 1.80 bits per heavy atom. The van der Waals surface area contributed by atoms with Crippen molar-refractivity contribution >= 4 is 17.4 Å². The zero-order valence-electron chi connectivity index (χ0n) is 18.7. The molecule has 1 N–H and O–H groups in total. The molecule has 12 heteroatoms. The maximum atomic E-state index is 13.2. The van der Waals surface area contributed by atoms with Crippen LogP contribution < -0.4 is 10.2 Å². The third-order valence-electron chi connectivity index (χ3n) is 6.16. The van der Waals surface area contributed by atoms with Crippen LogP contribution in [0.3, 0.4) is 0 Å². The molecule has 0 aliphatic carbocycles. The molecule has 182 valence electrons. The number of carbonyl (C=O) groups is 1. The van der Waals surface area contributed by atoms with Gasteiger partial charge < -0.3 is 10.2 Å². The number of piperidine rings is 1. The van der Waals surface area contributed by atoms with E-state index in [0.29, 0.717) is 44.8 Å². The Morgan fingerprint density at radius 3 is 2.51 bits per heavy atom. The lowest BCUT2D eigenvalue weighted by atomic mass is 9.95. The molecule has 9 nitrogen and oxygen atoms in total. The number of carbonyl (C=O) groups excluding carboxylic acids is 1. The normalized spacial score (nSPS) is 15.0. The van der Waals surface area contributed by atoms with Crippen LogP contribution in [0, 0.1) is 5.92 Å². The lowest BCUT2D eigenvalue weighted by molar-refractivity contribution is -0.146. The quantitative estimate of drug-likeness (QED) is 0.453. The Bertz CT molecular complexity index is 1310. The first-order valence-electron chi connectivity index (χ1n) is 11.2. The first-order valence-corrected chi connectivity index (χ1v) is 11.2. The fraction of sp³-hybridized carbons (Fsp3) is 0.348. The molecule has 1 fully saturated rings. The lowest BCUT2D eigenvalue weighted by Crippen LogP contribution is -2.41. The van der Waals surface area contributed by atoms with Gasteiger partial charge in [-0.05, 0) is 42.2 Å².